The molecule has 0 aromatic heterocycles. The zero-order valence-electron chi connectivity index (χ0n) is 16.2. The molecule has 27 heavy (non-hydrogen) atoms. The Morgan fingerprint density at radius 1 is 1.44 bits per heavy atom. The van der Waals surface area contributed by atoms with Crippen LogP contribution in [-0.4, -0.2) is 48.9 Å². The van der Waals surface area contributed by atoms with Crippen molar-refractivity contribution in [2.24, 2.45) is 16.8 Å². The van der Waals surface area contributed by atoms with Crippen molar-refractivity contribution < 1.29 is 9.53 Å². The van der Waals surface area contributed by atoms with Gasteiger partial charge in [-0.3, -0.25) is 9.79 Å². The number of likely N-dealkylation sites (tertiary alicyclic amines) is 1. The minimum absolute atomic E-state index is 0.136. The number of rotatable bonds is 3. The summed E-state index contributed by atoms with van der Waals surface area (Å²) in [5.74, 6) is 1.03. The maximum Gasteiger partial charge on any atom is 0.264 e. The van der Waals surface area contributed by atoms with Crippen LogP contribution in [0.4, 0.5) is 0 Å². The molecule has 2 aliphatic heterocycles. The number of halogens is 1. The number of piperidine rings is 1. The number of hydrogen-bond donors (Lipinski definition) is 0. The average Bonchev–Trinajstić information content (AvgIpc) is 2.88. The number of hydrogen-bond acceptors (Lipinski definition) is 4. The number of nitriles is 1. The highest BCUT2D eigenvalue weighted by Gasteiger charge is 2.38. The van der Waals surface area contributed by atoms with E-state index < -0.39 is 0 Å². The molecule has 0 spiro atoms. The highest BCUT2D eigenvalue weighted by molar-refractivity contribution is 14.1. The predicted molar refractivity (Wildman–Crippen MR) is 115 cm³/mol. The Hall–Kier alpha value is -1.20. The molecule has 0 N–H and O–H groups in total. The van der Waals surface area contributed by atoms with Gasteiger partial charge in [0.05, 0.1) is 12.6 Å². The van der Waals surface area contributed by atoms with E-state index in [0.29, 0.717) is 18.4 Å². The number of aliphatic imine (C=N–C) groups is 1. The van der Waals surface area contributed by atoms with Crippen LogP contribution in [-0.2, 0) is 9.53 Å². The molecule has 5 nitrogen and oxygen atoms in total. The Morgan fingerprint density at radius 2 is 2.26 bits per heavy atom. The lowest BCUT2D eigenvalue weighted by atomic mass is 9.77. The first-order valence-electron chi connectivity index (χ1n) is 9.87. The minimum Gasteiger partial charge on any atom is -0.380 e. The summed E-state index contributed by atoms with van der Waals surface area (Å²) >= 11 is 2.43. The lowest BCUT2D eigenvalue weighted by molar-refractivity contribution is -0.132. The number of fused-ring (bicyclic) bond motifs is 1. The topological polar surface area (TPSA) is 65.7 Å². The van der Waals surface area contributed by atoms with Gasteiger partial charge in [-0.25, -0.2) is 0 Å². The fraction of sp³-hybridized carbons (Fsp3) is 0.667. The van der Waals surface area contributed by atoms with Crippen molar-refractivity contribution in [2.75, 3.05) is 20.2 Å². The molecule has 1 saturated heterocycles. The number of allylic oxidation sites excluding steroid dienone is 3. The standard InChI is InChI=1S/C21H28IN3O2/c1-14-20-11-17(22)5-3-4-15(20)8-9-25(14)21(26)16(12-23)10-18-6-7-19(27-2)13-24-18/h5,10,14-15,19-20H,3-4,6-9,11,13H2,1-2H3/b16-10+. The van der Waals surface area contributed by atoms with E-state index in [0.717, 1.165) is 44.4 Å². The van der Waals surface area contributed by atoms with E-state index in [2.05, 4.69) is 46.7 Å². The van der Waals surface area contributed by atoms with Crippen molar-refractivity contribution >= 4 is 34.2 Å². The Bertz CT molecular complexity index is 707. The lowest BCUT2D eigenvalue weighted by Gasteiger charge is -2.43. The summed E-state index contributed by atoms with van der Waals surface area (Å²) in [6.07, 6.45) is 10.3. The van der Waals surface area contributed by atoms with E-state index in [1.807, 2.05) is 4.90 Å². The Balaban J connectivity index is 1.74. The van der Waals surface area contributed by atoms with Crippen molar-refractivity contribution in [3.05, 3.63) is 21.3 Å². The predicted octanol–water partition coefficient (Wildman–Crippen LogP) is 4.04. The summed E-state index contributed by atoms with van der Waals surface area (Å²) in [6, 6.07) is 2.29. The first kappa shape index (κ1) is 20.5. The summed E-state index contributed by atoms with van der Waals surface area (Å²) < 4.78 is 6.73. The van der Waals surface area contributed by atoms with Gasteiger partial charge in [-0.1, -0.05) is 6.08 Å². The zero-order valence-corrected chi connectivity index (χ0v) is 18.3. The van der Waals surface area contributed by atoms with E-state index in [9.17, 15) is 10.1 Å². The molecule has 0 aromatic carbocycles. The van der Waals surface area contributed by atoms with Crippen LogP contribution in [0.1, 0.15) is 45.4 Å². The van der Waals surface area contributed by atoms with Gasteiger partial charge in [0.1, 0.15) is 11.6 Å². The largest absolute Gasteiger partial charge is 0.380 e. The molecule has 2 heterocycles. The number of ether oxygens (including phenoxy) is 1. The number of carbonyl (C=O) groups excluding carboxylic acids is 1. The van der Waals surface area contributed by atoms with E-state index in [-0.39, 0.29) is 23.6 Å². The molecular formula is C21H28IN3O2. The number of amides is 1. The van der Waals surface area contributed by atoms with Crippen LogP contribution in [0.15, 0.2) is 26.3 Å². The van der Waals surface area contributed by atoms with Crippen molar-refractivity contribution in [1.82, 2.24) is 4.90 Å². The molecule has 6 heteroatoms. The van der Waals surface area contributed by atoms with Crippen molar-refractivity contribution in [2.45, 2.75) is 57.6 Å². The van der Waals surface area contributed by atoms with E-state index in [4.69, 9.17) is 4.74 Å². The van der Waals surface area contributed by atoms with Crippen LogP contribution in [0.5, 0.6) is 0 Å². The van der Waals surface area contributed by atoms with Crippen LogP contribution in [0.25, 0.3) is 0 Å². The summed E-state index contributed by atoms with van der Waals surface area (Å²) in [7, 11) is 1.69. The van der Waals surface area contributed by atoms with E-state index >= 15 is 0 Å². The van der Waals surface area contributed by atoms with Crippen molar-refractivity contribution in [3.63, 3.8) is 0 Å². The molecule has 1 amide bonds. The number of methoxy groups -OCH3 is 1. The number of nitrogens with zero attached hydrogens (tertiary/aromatic N) is 3. The van der Waals surface area contributed by atoms with E-state index in [1.54, 1.807) is 13.2 Å². The van der Waals surface area contributed by atoms with E-state index in [1.165, 1.54) is 10.0 Å². The normalized spacial score (nSPS) is 31.9. The summed E-state index contributed by atoms with van der Waals surface area (Å²) in [5.41, 5.74) is 1.05. The third-order valence-corrected chi connectivity index (χ3v) is 7.15. The highest BCUT2D eigenvalue weighted by Crippen LogP contribution is 2.40. The van der Waals surface area contributed by atoms with Gasteiger partial charge in [-0.2, -0.15) is 5.26 Å². The molecule has 3 aliphatic rings. The van der Waals surface area contributed by atoms with Crippen LogP contribution < -0.4 is 0 Å². The molecule has 146 valence electrons. The number of carbonyl (C=O) groups is 1. The Labute approximate surface area is 175 Å². The van der Waals surface area contributed by atoms with Crippen LogP contribution in [0.3, 0.4) is 0 Å². The molecule has 4 atom stereocenters. The Kier molecular flexibility index (Phi) is 7.10. The lowest BCUT2D eigenvalue weighted by Crippen LogP contribution is -2.50. The van der Waals surface area contributed by atoms with Crippen LogP contribution >= 0.6 is 22.6 Å². The molecule has 0 radical (unpaired) electrons. The Morgan fingerprint density at radius 3 is 2.93 bits per heavy atom. The summed E-state index contributed by atoms with van der Waals surface area (Å²) in [4.78, 5) is 19.5. The summed E-state index contributed by atoms with van der Waals surface area (Å²) in [6.45, 7) is 3.50. The van der Waals surface area contributed by atoms with Crippen molar-refractivity contribution in [3.8, 4) is 6.07 Å². The molecule has 1 aliphatic carbocycles. The maximum absolute atomic E-state index is 13.1. The molecule has 4 unspecified atom stereocenters. The first-order valence-corrected chi connectivity index (χ1v) is 10.9. The molecular weight excluding hydrogens is 453 g/mol. The first-order chi connectivity index (χ1) is 13.0. The van der Waals surface area contributed by atoms with Gasteiger partial charge in [-0.15, -0.1) is 0 Å². The second-order valence-corrected chi connectivity index (χ2v) is 9.17. The highest BCUT2D eigenvalue weighted by atomic mass is 127. The minimum atomic E-state index is -0.136. The average molecular weight is 481 g/mol. The monoisotopic (exact) mass is 481 g/mol. The molecule has 0 bridgehead atoms. The summed E-state index contributed by atoms with van der Waals surface area (Å²) in [5, 5.41) is 9.61. The van der Waals surface area contributed by atoms with Gasteiger partial charge in [0.2, 0.25) is 0 Å². The fourth-order valence-electron chi connectivity index (χ4n) is 4.56. The second-order valence-electron chi connectivity index (χ2n) is 7.78. The zero-order chi connectivity index (χ0) is 19.4. The van der Waals surface area contributed by atoms with Gasteiger partial charge >= 0.3 is 0 Å². The molecule has 3 rings (SSSR count). The third-order valence-electron chi connectivity index (χ3n) is 6.27. The van der Waals surface area contributed by atoms with Crippen LogP contribution in [0.2, 0.25) is 0 Å². The maximum atomic E-state index is 13.1. The second kappa shape index (κ2) is 9.33. The van der Waals surface area contributed by atoms with Gasteiger partial charge in [0.25, 0.3) is 5.91 Å². The smallest absolute Gasteiger partial charge is 0.264 e. The fourth-order valence-corrected chi connectivity index (χ4v) is 5.38. The molecule has 0 aromatic rings. The van der Waals surface area contributed by atoms with Crippen molar-refractivity contribution in [1.29, 1.82) is 5.26 Å². The third kappa shape index (κ3) is 4.80. The molecule has 1 fully saturated rings. The van der Waals surface area contributed by atoms with Gasteiger partial charge < -0.3 is 9.64 Å². The van der Waals surface area contributed by atoms with Gasteiger partial charge in [-0.05, 0) is 89.5 Å². The van der Waals surface area contributed by atoms with Crippen LogP contribution in [0, 0.1) is 23.2 Å². The quantitative estimate of drug-likeness (QED) is 0.347. The molecule has 0 saturated carbocycles. The van der Waals surface area contributed by atoms with Gasteiger partial charge in [0.15, 0.2) is 0 Å². The SMILES string of the molecule is COC1CCC(/C=C(\C#N)C(=O)N2CCC3CCC=C(I)CC3C2C)=NC1. The van der Waals surface area contributed by atoms with Gasteiger partial charge in [0, 0.05) is 25.4 Å².